The highest BCUT2D eigenvalue weighted by Crippen LogP contribution is 2.13. The molecule has 0 heterocycles. The summed E-state index contributed by atoms with van der Waals surface area (Å²) < 4.78 is 0. The SMILES string of the molecule is Cc1ccccc1CC(CO)CNC(=NCc1ccccc1)NCc1ccccc1. The summed E-state index contributed by atoms with van der Waals surface area (Å²) >= 11 is 0. The fourth-order valence-corrected chi connectivity index (χ4v) is 3.30. The van der Waals surface area contributed by atoms with Crippen molar-refractivity contribution in [1.82, 2.24) is 10.6 Å². The lowest BCUT2D eigenvalue weighted by Gasteiger charge is -2.19. The van der Waals surface area contributed by atoms with Crippen LogP contribution in [0.2, 0.25) is 0 Å². The van der Waals surface area contributed by atoms with Crippen LogP contribution in [0.1, 0.15) is 22.3 Å². The molecule has 1 atom stereocenters. The van der Waals surface area contributed by atoms with Crippen molar-refractivity contribution in [2.45, 2.75) is 26.4 Å². The Morgan fingerprint density at radius 1 is 0.833 bits per heavy atom. The van der Waals surface area contributed by atoms with E-state index in [4.69, 9.17) is 4.99 Å². The van der Waals surface area contributed by atoms with Crippen molar-refractivity contribution in [3.05, 3.63) is 107 Å². The van der Waals surface area contributed by atoms with Crippen molar-refractivity contribution in [3.63, 3.8) is 0 Å². The van der Waals surface area contributed by atoms with Crippen molar-refractivity contribution in [2.24, 2.45) is 10.9 Å². The number of aliphatic imine (C=N–C) groups is 1. The van der Waals surface area contributed by atoms with Gasteiger partial charge in [-0.2, -0.15) is 0 Å². The molecule has 4 heteroatoms. The number of rotatable bonds is 9. The maximum Gasteiger partial charge on any atom is 0.191 e. The molecule has 1 unspecified atom stereocenters. The molecule has 0 spiro atoms. The topological polar surface area (TPSA) is 56.6 Å². The monoisotopic (exact) mass is 401 g/mol. The normalized spacial score (nSPS) is 12.4. The van der Waals surface area contributed by atoms with E-state index in [0.29, 0.717) is 19.6 Å². The van der Waals surface area contributed by atoms with Crippen molar-refractivity contribution < 1.29 is 5.11 Å². The lowest BCUT2D eigenvalue weighted by molar-refractivity contribution is 0.226. The second kappa shape index (κ2) is 11.8. The molecule has 3 N–H and O–H groups in total. The zero-order valence-electron chi connectivity index (χ0n) is 17.6. The van der Waals surface area contributed by atoms with E-state index in [1.807, 2.05) is 42.5 Å². The third kappa shape index (κ3) is 7.05. The Kier molecular flexibility index (Phi) is 8.48. The molecule has 3 aromatic rings. The molecular weight excluding hydrogens is 370 g/mol. The highest BCUT2D eigenvalue weighted by Gasteiger charge is 2.11. The van der Waals surface area contributed by atoms with Gasteiger partial charge in [0.05, 0.1) is 6.54 Å². The third-order valence-corrected chi connectivity index (χ3v) is 5.15. The number of hydrogen-bond donors (Lipinski definition) is 3. The van der Waals surface area contributed by atoms with Crippen molar-refractivity contribution in [2.75, 3.05) is 13.2 Å². The average molecular weight is 402 g/mol. The van der Waals surface area contributed by atoms with Crippen LogP contribution in [0.4, 0.5) is 0 Å². The van der Waals surface area contributed by atoms with E-state index in [-0.39, 0.29) is 12.5 Å². The van der Waals surface area contributed by atoms with Gasteiger partial charge in [0.15, 0.2) is 5.96 Å². The van der Waals surface area contributed by atoms with Crippen molar-refractivity contribution >= 4 is 5.96 Å². The first-order valence-electron chi connectivity index (χ1n) is 10.5. The highest BCUT2D eigenvalue weighted by atomic mass is 16.3. The first-order chi connectivity index (χ1) is 14.7. The minimum atomic E-state index is 0.117. The van der Waals surface area contributed by atoms with Crippen LogP contribution in [0.15, 0.2) is 89.9 Å². The van der Waals surface area contributed by atoms with Crippen LogP contribution >= 0.6 is 0 Å². The summed E-state index contributed by atoms with van der Waals surface area (Å²) in [7, 11) is 0. The number of aliphatic hydroxyl groups excluding tert-OH is 1. The summed E-state index contributed by atoms with van der Waals surface area (Å²) in [6.07, 6.45) is 0.834. The number of hydrogen-bond acceptors (Lipinski definition) is 2. The van der Waals surface area contributed by atoms with Crippen LogP contribution in [0.3, 0.4) is 0 Å². The Labute approximate surface area is 179 Å². The Hall–Kier alpha value is -3.11. The molecule has 0 bridgehead atoms. The van der Waals surface area contributed by atoms with E-state index in [1.54, 1.807) is 0 Å². The zero-order valence-corrected chi connectivity index (χ0v) is 17.6. The molecule has 0 saturated carbocycles. The van der Waals surface area contributed by atoms with Crippen molar-refractivity contribution in [3.8, 4) is 0 Å². The number of benzene rings is 3. The minimum absolute atomic E-state index is 0.117. The van der Waals surface area contributed by atoms with Gasteiger partial charge in [-0.15, -0.1) is 0 Å². The molecule has 3 rings (SSSR count). The first kappa shape index (κ1) is 21.6. The third-order valence-electron chi connectivity index (χ3n) is 5.15. The number of aliphatic hydroxyl groups is 1. The molecule has 0 fully saturated rings. The van der Waals surface area contributed by atoms with E-state index in [1.165, 1.54) is 16.7 Å². The molecule has 0 saturated heterocycles. The Bertz CT molecular complexity index is 910. The van der Waals surface area contributed by atoms with Gasteiger partial charge in [0.2, 0.25) is 0 Å². The summed E-state index contributed by atoms with van der Waals surface area (Å²) in [5.74, 6) is 0.873. The van der Waals surface area contributed by atoms with Gasteiger partial charge in [0.25, 0.3) is 0 Å². The van der Waals surface area contributed by atoms with Gasteiger partial charge < -0.3 is 15.7 Å². The average Bonchev–Trinajstić information content (AvgIpc) is 2.80. The zero-order chi connectivity index (χ0) is 21.0. The summed E-state index contributed by atoms with van der Waals surface area (Å²) in [6.45, 7) is 4.20. The van der Waals surface area contributed by atoms with Gasteiger partial charge in [0, 0.05) is 25.6 Å². The molecule has 30 heavy (non-hydrogen) atoms. The molecule has 0 aliphatic heterocycles. The molecular formula is C26H31N3O. The van der Waals surface area contributed by atoms with Crippen LogP contribution in [-0.4, -0.2) is 24.2 Å². The molecule has 3 aromatic carbocycles. The summed E-state index contributed by atoms with van der Waals surface area (Å²) in [5, 5.41) is 16.8. The van der Waals surface area contributed by atoms with Gasteiger partial charge in [-0.3, -0.25) is 0 Å². The molecule has 0 aromatic heterocycles. The highest BCUT2D eigenvalue weighted by molar-refractivity contribution is 5.79. The maximum atomic E-state index is 9.91. The predicted octanol–water partition coefficient (Wildman–Crippen LogP) is 4.08. The fourth-order valence-electron chi connectivity index (χ4n) is 3.30. The summed E-state index contributed by atoms with van der Waals surface area (Å²) in [4.78, 5) is 4.75. The van der Waals surface area contributed by atoms with Crippen LogP contribution in [0.5, 0.6) is 0 Å². The Morgan fingerprint density at radius 3 is 2.13 bits per heavy atom. The molecule has 4 nitrogen and oxygen atoms in total. The van der Waals surface area contributed by atoms with E-state index in [0.717, 1.165) is 17.9 Å². The van der Waals surface area contributed by atoms with E-state index in [2.05, 4.69) is 60.0 Å². The van der Waals surface area contributed by atoms with Gasteiger partial charge in [-0.1, -0.05) is 84.9 Å². The number of aryl methyl sites for hydroxylation is 1. The Morgan fingerprint density at radius 2 is 1.47 bits per heavy atom. The van der Waals surface area contributed by atoms with Crippen molar-refractivity contribution in [1.29, 1.82) is 0 Å². The van der Waals surface area contributed by atoms with Gasteiger partial charge in [-0.25, -0.2) is 4.99 Å². The maximum absolute atomic E-state index is 9.91. The number of guanidine groups is 1. The van der Waals surface area contributed by atoms with E-state index in [9.17, 15) is 5.11 Å². The molecule has 0 radical (unpaired) electrons. The molecule has 0 amide bonds. The van der Waals surface area contributed by atoms with Crippen LogP contribution < -0.4 is 10.6 Å². The molecule has 0 aliphatic rings. The van der Waals surface area contributed by atoms with E-state index < -0.39 is 0 Å². The smallest absolute Gasteiger partial charge is 0.191 e. The number of nitrogens with one attached hydrogen (secondary N) is 2. The Balaban J connectivity index is 1.63. The van der Waals surface area contributed by atoms with E-state index >= 15 is 0 Å². The summed E-state index contributed by atoms with van der Waals surface area (Å²) in [5.41, 5.74) is 4.90. The largest absolute Gasteiger partial charge is 0.396 e. The second-order valence-electron chi connectivity index (χ2n) is 7.55. The van der Waals surface area contributed by atoms with Crippen LogP contribution in [0, 0.1) is 12.8 Å². The predicted molar refractivity (Wildman–Crippen MR) is 124 cm³/mol. The molecule has 156 valence electrons. The number of nitrogens with zero attached hydrogens (tertiary/aromatic N) is 1. The second-order valence-corrected chi connectivity index (χ2v) is 7.55. The lowest BCUT2D eigenvalue weighted by Crippen LogP contribution is -2.40. The van der Waals surface area contributed by atoms with Gasteiger partial charge in [0.1, 0.15) is 0 Å². The van der Waals surface area contributed by atoms with Gasteiger partial charge in [-0.05, 0) is 35.6 Å². The molecule has 0 aliphatic carbocycles. The fraction of sp³-hybridized carbons (Fsp3) is 0.269. The lowest BCUT2D eigenvalue weighted by atomic mass is 9.96. The summed E-state index contributed by atoms with van der Waals surface area (Å²) in [6, 6.07) is 28.9. The quantitative estimate of drug-likeness (QED) is 0.374. The van der Waals surface area contributed by atoms with Crippen LogP contribution in [0.25, 0.3) is 0 Å². The minimum Gasteiger partial charge on any atom is -0.396 e. The van der Waals surface area contributed by atoms with Gasteiger partial charge >= 0.3 is 0 Å². The van der Waals surface area contributed by atoms with Crippen LogP contribution in [-0.2, 0) is 19.5 Å². The first-order valence-corrected chi connectivity index (χ1v) is 10.5. The standard InChI is InChI=1S/C26H31N3O/c1-21-10-8-9-15-25(21)16-24(20-30)19-29-26(27-17-22-11-4-2-5-12-22)28-18-23-13-6-3-7-14-23/h2-15,24,30H,16-20H2,1H3,(H2,27,28,29).